The average molecular weight is 342 g/mol. The number of hydrogen-bond donors (Lipinski definition) is 0. The molecule has 0 bridgehead atoms. The van der Waals surface area contributed by atoms with Crippen molar-refractivity contribution >= 4 is 10.0 Å². The van der Waals surface area contributed by atoms with Crippen LogP contribution in [0.5, 0.6) is 0 Å². The zero-order valence-corrected chi connectivity index (χ0v) is 14.4. The fourth-order valence-electron chi connectivity index (χ4n) is 3.81. The first-order valence-corrected chi connectivity index (χ1v) is 10.0. The number of fused-ring (bicyclic) bond motifs is 1. The first kappa shape index (κ1) is 15.8. The molecule has 0 amide bonds. The summed E-state index contributed by atoms with van der Waals surface area (Å²) in [6.45, 7) is 3.21. The summed E-state index contributed by atoms with van der Waals surface area (Å²) in [5, 5.41) is 0. The van der Waals surface area contributed by atoms with Crippen LogP contribution in [0.1, 0.15) is 11.1 Å². The second kappa shape index (κ2) is 6.31. The largest absolute Gasteiger partial charge is 0.294 e. The zero-order valence-electron chi connectivity index (χ0n) is 13.6. The Kier molecular flexibility index (Phi) is 4.16. The highest BCUT2D eigenvalue weighted by atomic mass is 32.2. The van der Waals surface area contributed by atoms with Gasteiger partial charge in [0.15, 0.2) is 0 Å². The van der Waals surface area contributed by atoms with Gasteiger partial charge in [0.2, 0.25) is 10.0 Å². The molecule has 4 rings (SSSR count). The van der Waals surface area contributed by atoms with E-state index in [2.05, 4.69) is 29.2 Å². The van der Waals surface area contributed by atoms with Gasteiger partial charge in [-0.25, -0.2) is 8.42 Å². The lowest BCUT2D eigenvalue weighted by Gasteiger charge is -2.43. The van der Waals surface area contributed by atoms with Gasteiger partial charge in [-0.1, -0.05) is 60.7 Å². The van der Waals surface area contributed by atoms with E-state index in [1.54, 1.807) is 4.31 Å². The Morgan fingerprint density at radius 1 is 0.833 bits per heavy atom. The Bertz CT molecular complexity index is 793. The third kappa shape index (κ3) is 3.11. The van der Waals surface area contributed by atoms with Gasteiger partial charge >= 0.3 is 0 Å². The number of hydrogen-bond acceptors (Lipinski definition) is 3. The molecule has 0 spiro atoms. The fraction of sp³-hybridized carbons (Fsp3) is 0.368. The SMILES string of the molecule is O=S(=O)(Cc1ccccc1)N1C[C@H]2CN(Cc3ccccc3)[C@H]2C1. The van der Waals surface area contributed by atoms with E-state index in [1.807, 2.05) is 36.4 Å². The third-order valence-corrected chi connectivity index (χ3v) is 6.91. The first-order chi connectivity index (χ1) is 11.6. The molecule has 0 aromatic heterocycles. The lowest BCUT2D eigenvalue weighted by molar-refractivity contribution is 0.0435. The Labute approximate surface area is 143 Å². The molecule has 4 nitrogen and oxygen atoms in total. The van der Waals surface area contributed by atoms with Gasteiger partial charge in [0.1, 0.15) is 0 Å². The van der Waals surface area contributed by atoms with Crippen LogP contribution in [0.4, 0.5) is 0 Å². The monoisotopic (exact) mass is 342 g/mol. The van der Waals surface area contributed by atoms with Gasteiger partial charge in [-0.3, -0.25) is 4.90 Å². The lowest BCUT2D eigenvalue weighted by atomic mass is 9.91. The van der Waals surface area contributed by atoms with E-state index in [0.29, 0.717) is 25.0 Å². The molecule has 2 aliphatic heterocycles. The lowest BCUT2D eigenvalue weighted by Crippen LogP contribution is -2.54. The van der Waals surface area contributed by atoms with E-state index in [9.17, 15) is 8.42 Å². The van der Waals surface area contributed by atoms with Gasteiger partial charge < -0.3 is 0 Å². The maximum absolute atomic E-state index is 12.7. The van der Waals surface area contributed by atoms with E-state index in [4.69, 9.17) is 0 Å². The highest BCUT2D eigenvalue weighted by molar-refractivity contribution is 7.88. The summed E-state index contributed by atoms with van der Waals surface area (Å²) in [4.78, 5) is 2.40. The minimum atomic E-state index is -3.23. The molecule has 2 aliphatic rings. The maximum Gasteiger partial charge on any atom is 0.218 e. The van der Waals surface area contributed by atoms with Crippen LogP contribution in [-0.2, 0) is 22.3 Å². The molecule has 0 unspecified atom stereocenters. The number of likely N-dealkylation sites (tertiary alicyclic amines) is 1. The predicted octanol–water partition coefficient (Wildman–Crippen LogP) is 2.33. The maximum atomic E-state index is 12.7. The van der Waals surface area contributed by atoms with Crippen molar-refractivity contribution in [2.75, 3.05) is 19.6 Å². The number of nitrogens with zero attached hydrogens (tertiary/aromatic N) is 2. The fourth-order valence-corrected chi connectivity index (χ4v) is 5.40. The van der Waals surface area contributed by atoms with Crippen molar-refractivity contribution in [1.29, 1.82) is 0 Å². The van der Waals surface area contributed by atoms with E-state index in [-0.39, 0.29) is 5.75 Å². The van der Waals surface area contributed by atoms with Crippen LogP contribution in [-0.4, -0.2) is 43.3 Å². The molecule has 0 saturated carbocycles. The van der Waals surface area contributed by atoms with Gasteiger partial charge in [-0.2, -0.15) is 4.31 Å². The van der Waals surface area contributed by atoms with Crippen molar-refractivity contribution < 1.29 is 8.42 Å². The van der Waals surface area contributed by atoms with Crippen LogP contribution in [0, 0.1) is 5.92 Å². The summed E-state index contributed by atoms with van der Waals surface area (Å²) >= 11 is 0. The van der Waals surface area contributed by atoms with E-state index >= 15 is 0 Å². The van der Waals surface area contributed by atoms with Gasteiger partial charge in [-0.05, 0) is 11.1 Å². The third-order valence-electron chi connectivity index (χ3n) is 5.12. The van der Waals surface area contributed by atoms with Crippen molar-refractivity contribution in [2.45, 2.75) is 18.3 Å². The summed E-state index contributed by atoms with van der Waals surface area (Å²) in [6, 6.07) is 20.2. The molecule has 2 fully saturated rings. The summed E-state index contributed by atoms with van der Waals surface area (Å²) in [7, 11) is -3.23. The van der Waals surface area contributed by atoms with Crippen LogP contribution in [0.15, 0.2) is 60.7 Å². The van der Waals surface area contributed by atoms with Gasteiger partial charge in [-0.15, -0.1) is 0 Å². The van der Waals surface area contributed by atoms with Gasteiger partial charge in [0.25, 0.3) is 0 Å². The summed E-state index contributed by atoms with van der Waals surface area (Å²) < 4.78 is 27.1. The van der Waals surface area contributed by atoms with Crippen molar-refractivity contribution in [3.05, 3.63) is 71.8 Å². The summed E-state index contributed by atoms with van der Waals surface area (Å²) in [5.41, 5.74) is 2.15. The number of benzene rings is 2. The van der Waals surface area contributed by atoms with Crippen LogP contribution in [0.2, 0.25) is 0 Å². The second-order valence-corrected chi connectivity index (χ2v) is 8.77. The molecule has 126 valence electrons. The Hall–Kier alpha value is -1.69. The average Bonchev–Trinajstić information content (AvgIpc) is 2.92. The molecule has 2 heterocycles. The van der Waals surface area contributed by atoms with Crippen molar-refractivity contribution in [2.24, 2.45) is 5.92 Å². The van der Waals surface area contributed by atoms with Gasteiger partial charge in [0, 0.05) is 38.1 Å². The van der Waals surface area contributed by atoms with E-state index in [1.165, 1.54) is 5.56 Å². The topological polar surface area (TPSA) is 40.6 Å². The second-order valence-electron chi connectivity index (χ2n) is 6.80. The highest BCUT2D eigenvalue weighted by Gasteiger charge is 2.48. The Balaban J connectivity index is 1.40. The number of rotatable bonds is 5. The molecule has 0 N–H and O–H groups in total. The minimum Gasteiger partial charge on any atom is -0.294 e. The molecule has 2 aromatic rings. The zero-order chi connectivity index (χ0) is 16.6. The standard InChI is InChI=1S/C19H22N2O2S/c22-24(23,15-17-9-5-2-6-10-17)21-13-18-12-20(19(18)14-21)11-16-7-3-1-4-8-16/h1-10,18-19H,11-15H2/t18-,19+/m1/s1. The molecule has 0 radical (unpaired) electrons. The first-order valence-electron chi connectivity index (χ1n) is 8.41. The molecular formula is C19H22N2O2S. The number of sulfonamides is 1. The van der Waals surface area contributed by atoms with Gasteiger partial charge in [0.05, 0.1) is 5.75 Å². The molecule has 0 aliphatic carbocycles. The molecular weight excluding hydrogens is 320 g/mol. The van der Waals surface area contributed by atoms with Crippen LogP contribution in [0.25, 0.3) is 0 Å². The van der Waals surface area contributed by atoms with E-state index in [0.717, 1.165) is 18.7 Å². The molecule has 5 heteroatoms. The summed E-state index contributed by atoms with van der Waals surface area (Å²) in [5.74, 6) is 0.589. The van der Waals surface area contributed by atoms with Crippen LogP contribution < -0.4 is 0 Å². The molecule has 24 heavy (non-hydrogen) atoms. The van der Waals surface area contributed by atoms with Crippen LogP contribution in [0.3, 0.4) is 0 Å². The van der Waals surface area contributed by atoms with Crippen molar-refractivity contribution in [3.63, 3.8) is 0 Å². The highest BCUT2D eigenvalue weighted by Crippen LogP contribution is 2.35. The molecule has 2 saturated heterocycles. The normalized spacial score (nSPS) is 24.5. The minimum absolute atomic E-state index is 0.103. The summed E-state index contributed by atoms with van der Waals surface area (Å²) in [6.07, 6.45) is 0. The Morgan fingerprint density at radius 2 is 1.46 bits per heavy atom. The van der Waals surface area contributed by atoms with Crippen molar-refractivity contribution in [1.82, 2.24) is 9.21 Å². The Morgan fingerprint density at radius 3 is 2.12 bits per heavy atom. The predicted molar refractivity (Wildman–Crippen MR) is 94.8 cm³/mol. The quantitative estimate of drug-likeness (QED) is 0.837. The van der Waals surface area contributed by atoms with E-state index < -0.39 is 10.0 Å². The molecule has 2 aromatic carbocycles. The smallest absolute Gasteiger partial charge is 0.218 e. The van der Waals surface area contributed by atoms with Crippen molar-refractivity contribution in [3.8, 4) is 0 Å². The molecule has 2 atom stereocenters. The van der Waals surface area contributed by atoms with Crippen LogP contribution >= 0.6 is 0 Å².